The molecule has 1 unspecified atom stereocenters. The van der Waals surface area contributed by atoms with Crippen LogP contribution in [0.3, 0.4) is 0 Å². The van der Waals surface area contributed by atoms with Gasteiger partial charge in [0.15, 0.2) is 5.54 Å². The normalized spacial score (nSPS) is 22.1. The third-order valence-corrected chi connectivity index (χ3v) is 3.42. The molecule has 2 rings (SSSR count). The number of carboxylic acids is 1. The van der Waals surface area contributed by atoms with Crippen molar-refractivity contribution >= 4 is 12.1 Å². The molecule has 9 nitrogen and oxygen atoms in total. The Bertz CT molecular complexity index is 594. The summed E-state index contributed by atoms with van der Waals surface area (Å²) in [6.07, 6.45) is -0.468. The number of carbonyl (C=O) groups is 2. The van der Waals surface area contributed by atoms with Gasteiger partial charge in [0.1, 0.15) is 5.60 Å². The van der Waals surface area contributed by atoms with Gasteiger partial charge in [-0.3, -0.25) is 4.90 Å². The van der Waals surface area contributed by atoms with Gasteiger partial charge in [0.05, 0.1) is 6.54 Å². The largest absolute Gasteiger partial charge is 0.479 e. The van der Waals surface area contributed by atoms with Crippen LogP contribution in [0.4, 0.5) is 4.79 Å². The molecule has 0 bridgehead atoms. The first-order chi connectivity index (χ1) is 10.6. The predicted molar refractivity (Wildman–Crippen MR) is 78.7 cm³/mol. The average Bonchev–Trinajstić information content (AvgIpc) is 2.95. The van der Waals surface area contributed by atoms with E-state index in [-0.39, 0.29) is 13.0 Å². The first-order valence-electron chi connectivity index (χ1n) is 7.35. The summed E-state index contributed by atoms with van der Waals surface area (Å²) >= 11 is 0. The monoisotopic (exact) mass is 326 g/mol. The highest BCUT2D eigenvalue weighted by Crippen LogP contribution is 2.24. The van der Waals surface area contributed by atoms with Crippen molar-refractivity contribution in [1.29, 1.82) is 0 Å². The van der Waals surface area contributed by atoms with Crippen LogP contribution in [0, 0.1) is 6.92 Å². The minimum Gasteiger partial charge on any atom is -0.479 e. The van der Waals surface area contributed by atoms with Gasteiger partial charge in [-0.05, 0) is 27.2 Å². The van der Waals surface area contributed by atoms with Gasteiger partial charge in [-0.15, -0.1) is 10.2 Å². The molecule has 9 heteroatoms. The molecule has 128 valence electrons. The Labute approximate surface area is 134 Å². The van der Waals surface area contributed by atoms with Gasteiger partial charge < -0.3 is 19.6 Å². The van der Waals surface area contributed by atoms with E-state index in [4.69, 9.17) is 9.15 Å². The van der Waals surface area contributed by atoms with E-state index in [1.807, 2.05) is 4.90 Å². The summed E-state index contributed by atoms with van der Waals surface area (Å²) < 4.78 is 10.5. The predicted octanol–water partition coefficient (Wildman–Crippen LogP) is 0.932. The van der Waals surface area contributed by atoms with Gasteiger partial charge in [-0.25, -0.2) is 9.59 Å². The molecule has 1 aromatic heterocycles. The van der Waals surface area contributed by atoms with E-state index < -0.39 is 23.2 Å². The van der Waals surface area contributed by atoms with Crippen LogP contribution in [0.2, 0.25) is 0 Å². The van der Waals surface area contributed by atoms with Crippen LogP contribution in [0.5, 0.6) is 0 Å². The van der Waals surface area contributed by atoms with E-state index in [0.717, 1.165) is 0 Å². The van der Waals surface area contributed by atoms with E-state index in [0.29, 0.717) is 24.9 Å². The van der Waals surface area contributed by atoms with Gasteiger partial charge in [-0.2, -0.15) is 0 Å². The Balaban J connectivity index is 2.02. The number of carbonyl (C=O) groups excluding carboxylic acids is 1. The number of carboxylic acid groups (broad SMARTS) is 1. The average molecular weight is 326 g/mol. The van der Waals surface area contributed by atoms with Crippen LogP contribution in [-0.4, -0.2) is 56.5 Å². The zero-order chi connectivity index (χ0) is 17.3. The topological polar surface area (TPSA) is 118 Å². The first kappa shape index (κ1) is 17.2. The molecular weight excluding hydrogens is 304 g/mol. The molecular formula is C14H22N4O5. The molecule has 1 amide bonds. The van der Waals surface area contributed by atoms with Crippen molar-refractivity contribution in [2.75, 3.05) is 13.1 Å². The Kier molecular flexibility index (Phi) is 4.60. The Morgan fingerprint density at radius 2 is 2.13 bits per heavy atom. The van der Waals surface area contributed by atoms with E-state index in [1.165, 1.54) is 0 Å². The Morgan fingerprint density at radius 1 is 1.43 bits per heavy atom. The maximum atomic E-state index is 11.9. The lowest BCUT2D eigenvalue weighted by atomic mass is 9.99. The SMILES string of the molecule is Cc1nnc(CN2CCC(NC(=O)OC(C)(C)C)(C(=O)O)C2)o1. The number of likely N-dealkylation sites (tertiary alicyclic amines) is 1. The van der Waals surface area contributed by atoms with Gasteiger partial charge >= 0.3 is 12.1 Å². The van der Waals surface area contributed by atoms with Crippen molar-refractivity contribution in [3.05, 3.63) is 11.8 Å². The molecule has 0 radical (unpaired) electrons. The minimum atomic E-state index is -1.38. The summed E-state index contributed by atoms with van der Waals surface area (Å²) in [6.45, 7) is 7.82. The minimum absolute atomic E-state index is 0.142. The summed E-state index contributed by atoms with van der Waals surface area (Å²) in [5.74, 6) is -0.218. The fraction of sp³-hybridized carbons (Fsp3) is 0.714. The lowest BCUT2D eigenvalue weighted by molar-refractivity contribution is -0.144. The highest BCUT2D eigenvalue weighted by atomic mass is 16.6. The smallest absolute Gasteiger partial charge is 0.408 e. The zero-order valence-corrected chi connectivity index (χ0v) is 13.8. The van der Waals surface area contributed by atoms with Crippen molar-refractivity contribution < 1.29 is 23.8 Å². The Hall–Kier alpha value is -2.16. The summed E-state index contributed by atoms with van der Waals surface area (Å²) in [6, 6.07) is 0. The van der Waals surface area contributed by atoms with E-state index in [9.17, 15) is 14.7 Å². The summed E-state index contributed by atoms with van der Waals surface area (Å²) in [7, 11) is 0. The molecule has 1 aromatic rings. The summed E-state index contributed by atoms with van der Waals surface area (Å²) in [5.41, 5.74) is -2.07. The van der Waals surface area contributed by atoms with Crippen LogP contribution in [0.25, 0.3) is 0 Å². The standard InChI is InChI=1S/C14H22N4O5/c1-9-16-17-10(22-9)7-18-6-5-14(8-18,11(19)20)15-12(21)23-13(2,3)4/h5-8H2,1-4H3,(H,15,21)(H,19,20). The molecule has 1 saturated heterocycles. The van der Waals surface area contributed by atoms with Crippen molar-refractivity contribution in [1.82, 2.24) is 20.4 Å². The zero-order valence-electron chi connectivity index (χ0n) is 13.8. The highest BCUT2D eigenvalue weighted by molar-refractivity contribution is 5.85. The molecule has 0 aliphatic carbocycles. The first-order valence-corrected chi connectivity index (χ1v) is 7.35. The molecule has 1 aliphatic rings. The van der Waals surface area contributed by atoms with Gasteiger partial charge in [-0.1, -0.05) is 0 Å². The number of aromatic nitrogens is 2. The van der Waals surface area contributed by atoms with Crippen LogP contribution in [0.15, 0.2) is 4.42 Å². The van der Waals surface area contributed by atoms with Crippen LogP contribution < -0.4 is 5.32 Å². The number of hydrogen-bond acceptors (Lipinski definition) is 7. The van der Waals surface area contributed by atoms with E-state index in [2.05, 4.69) is 15.5 Å². The molecule has 2 heterocycles. The number of rotatable bonds is 4. The van der Waals surface area contributed by atoms with Crippen molar-refractivity contribution in [3.8, 4) is 0 Å². The van der Waals surface area contributed by atoms with E-state index >= 15 is 0 Å². The second-order valence-corrected chi connectivity index (χ2v) is 6.69. The molecule has 2 N–H and O–H groups in total. The van der Waals surface area contributed by atoms with Crippen molar-refractivity contribution in [2.45, 2.75) is 51.8 Å². The fourth-order valence-electron chi connectivity index (χ4n) is 2.45. The maximum Gasteiger partial charge on any atom is 0.408 e. The van der Waals surface area contributed by atoms with Crippen molar-refractivity contribution in [2.24, 2.45) is 0 Å². The van der Waals surface area contributed by atoms with Crippen molar-refractivity contribution in [3.63, 3.8) is 0 Å². The lowest BCUT2D eigenvalue weighted by Crippen LogP contribution is -2.57. The van der Waals surface area contributed by atoms with Gasteiger partial charge in [0.2, 0.25) is 11.8 Å². The molecule has 1 fully saturated rings. The van der Waals surface area contributed by atoms with Crippen LogP contribution >= 0.6 is 0 Å². The molecule has 1 atom stereocenters. The van der Waals surface area contributed by atoms with Gasteiger partial charge in [0, 0.05) is 20.0 Å². The number of aliphatic carboxylic acids is 1. The molecule has 1 aliphatic heterocycles. The van der Waals surface area contributed by atoms with Crippen LogP contribution in [-0.2, 0) is 16.1 Å². The maximum absolute atomic E-state index is 11.9. The van der Waals surface area contributed by atoms with Crippen LogP contribution in [0.1, 0.15) is 39.0 Å². The lowest BCUT2D eigenvalue weighted by Gasteiger charge is -2.28. The number of nitrogens with one attached hydrogen (secondary N) is 1. The second kappa shape index (κ2) is 6.15. The molecule has 0 saturated carbocycles. The van der Waals surface area contributed by atoms with E-state index in [1.54, 1.807) is 27.7 Å². The van der Waals surface area contributed by atoms with Gasteiger partial charge in [0.25, 0.3) is 0 Å². The molecule has 23 heavy (non-hydrogen) atoms. The summed E-state index contributed by atoms with van der Waals surface area (Å²) in [4.78, 5) is 25.5. The quantitative estimate of drug-likeness (QED) is 0.839. The highest BCUT2D eigenvalue weighted by Gasteiger charge is 2.47. The second-order valence-electron chi connectivity index (χ2n) is 6.69. The number of hydrogen-bond donors (Lipinski definition) is 2. The number of alkyl carbamates (subject to hydrolysis) is 1. The fourth-order valence-corrected chi connectivity index (χ4v) is 2.45. The number of aryl methyl sites for hydroxylation is 1. The number of ether oxygens (including phenoxy) is 1. The summed E-state index contributed by atoms with van der Waals surface area (Å²) in [5, 5.41) is 19.7. The third-order valence-electron chi connectivity index (χ3n) is 3.42. The third kappa shape index (κ3) is 4.41. The Morgan fingerprint density at radius 3 is 2.65 bits per heavy atom. The number of nitrogens with zero attached hydrogens (tertiary/aromatic N) is 3. The number of amides is 1. The molecule has 0 spiro atoms. The molecule has 0 aromatic carbocycles.